The molecule has 2 aromatic heterocycles. The molecule has 0 aliphatic rings. The molecule has 3 aromatic rings. The number of benzene rings is 1. The zero-order valence-electron chi connectivity index (χ0n) is 11.3. The Bertz CT molecular complexity index is 807. The van der Waals surface area contributed by atoms with Crippen LogP contribution in [-0.4, -0.2) is 21.5 Å². The number of rotatable bonds is 3. The zero-order chi connectivity index (χ0) is 14.8. The fraction of sp³-hybridized carbons (Fsp3) is 0.133. The number of nitrogens with one attached hydrogen (secondary N) is 1. The van der Waals surface area contributed by atoms with Crippen LogP contribution in [0.4, 0.5) is 5.82 Å². The second-order valence-corrected chi connectivity index (χ2v) is 5.68. The lowest BCUT2D eigenvalue weighted by atomic mass is 10.1. The molecule has 0 aliphatic heterocycles. The van der Waals surface area contributed by atoms with E-state index in [1.807, 2.05) is 31.2 Å². The van der Waals surface area contributed by atoms with Gasteiger partial charge in [-0.3, -0.25) is 4.98 Å². The van der Waals surface area contributed by atoms with Crippen molar-refractivity contribution < 1.29 is 0 Å². The highest BCUT2D eigenvalue weighted by Crippen LogP contribution is 2.31. The van der Waals surface area contributed by atoms with Crippen molar-refractivity contribution in [2.45, 2.75) is 6.92 Å². The van der Waals surface area contributed by atoms with Gasteiger partial charge in [0.25, 0.3) is 0 Å². The summed E-state index contributed by atoms with van der Waals surface area (Å²) in [7, 11) is 0. The summed E-state index contributed by atoms with van der Waals surface area (Å²) in [5.41, 5.74) is 1.66. The summed E-state index contributed by atoms with van der Waals surface area (Å²) in [6.07, 6.45) is 3.48. The van der Waals surface area contributed by atoms with Crippen LogP contribution >= 0.6 is 27.5 Å². The molecule has 0 aliphatic carbocycles. The maximum Gasteiger partial charge on any atom is 0.163 e. The van der Waals surface area contributed by atoms with E-state index in [1.54, 1.807) is 12.4 Å². The molecule has 0 bridgehead atoms. The van der Waals surface area contributed by atoms with Crippen molar-refractivity contribution in [3.63, 3.8) is 0 Å². The Morgan fingerprint density at radius 3 is 2.90 bits per heavy atom. The first kappa shape index (κ1) is 14.2. The molecule has 0 unspecified atom stereocenters. The number of halogens is 2. The van der Waals surface area contributed by atoms with E-state index in [-0.39, 0.29) is 0 Å². The molecular formula is C15H12BrClN4. The summed E-state index contributed by atoms with van der Waals surface area (Å²) < 4.78 is 0.833. The van der Waals surface area contributed by atoms with Gasteiger partial charge in [-0.1, -0.05) is 11.6 Å². The SMILES string of the molecule is CCNc1nc(-c2ccc(Cl)c3cccnc23)ncc1Br. The molecule has 3 rings (SSSR count). The second kappa shape index (κ2) is 5.95. The monoisotopic (exact) mass is 362 g/mol. The van der Waals surface area contributed by atoms with Crippen LogP contribution in [0.15, 0.2) is 41.1 Å². The summed E-state index contributed by atoms with van der Waals surface area (Å²) in [5, 5.41) is 4.77. The summed E-state index contributed by atoms with van der Waals surface area (Å²) in [6, 6.07) is 7.55. The topological polar surface area (TPSA) is 50.7 Å². The Morgan fingerprint density at radius 2 is 2.10 bits per heavy atom. The van der Waals surface area contributed by atoms with E-state index in [0.29, 0.717) is 10.8 Å². The molecule has 0 fully saturated rings. The van der Waals surface area contributed by atoms with Crippen molar-refractivity contribution in [3.8, 4) is 11.4 Å². The van der Waals surface area contributed by atoms with Crippen molar-refractivity contribution in [1.82, 2.24) is 15.0 Å². The molecule has 106 valence electrons. The second-order valence-electron chi connectivity index (χ2n) is 4.41. The fourth-order valence-electron chi connectivity index (χ4n) is 2.11. The van der Waals surface area contributed by atoms with E-state index in [9.17, 15) is 0 Å². The number of fused-ring (bicyclic) bond motifs is 1. The van der Waals surface area contributed by atoms with Crippen molar-refractivity contribution >= 4 is 44.3 Å². The first-order valence-electron chi connectivity index (χ1n) is 6.50. The van der Waals surface area contributed by atoms with E-state index in [2.05, 4.69) is 36.2 Å². The number of nitrogens with zero attached hydrogens (tertiary/aromatic N) is 3. The summed E-state index contributed by atoms with van der Waals surface area (Å²) >= 11 is 9.66. The molecule has 4 nitrogen and oxygen atoms in total. The van der Waals surface area contributed by atoms with Crippen LogP contribution < -0.4 is 5.32 Å². The number of pyridine rings is 1. The molecule has 0 saturated carbocycles. The molecule has 0 spiro atoms. The molecule has 1 aromatic carbocycles. The Morgan fingerprint density at radius 1 is 1.24 bits per heavy atom. The largest absolute Gasteiger partial charge is 0.369 e. The highest BCUT2D eigenvalue weighted by Gasteiger charge is 2.12. The predicted molar refractivity (Wildman–Crippen MR) is 89.6 cm³/mol. The van der Waals surface area contributed by atoms with Crippen LogP contribution in [0.1, 0.15) is 6.92 Å². The van der Waals surface area contributed by atoms with E-state index in [0.717, 1.165) is 33.3 Å². The highest BCUT2D eigenvalue weighted by atomic mass is 79.9. The maximum absolute atomic E-state index is 6.22. The van der Waals surface area contributed by atoms with Crippen LogP contribution in [0.2, 0.25) is 5.02 Å². The minimum Gasteiger partial charge on any atom is -0.369 e. The first-order chi connectivity index (χ1) is 10.2. The quantitative estimate of drug-likeness (QED) is 0.742. The van der Waals surface area contributed by atoms with Gasteiger partial charge in [0.15, 0.2) is 5.82 Å². The molecule has 21 heavy (non-hydrogen) atoms. The molecule has 6 heteroatoms. The molecule has 0 atom stereocenters. The van der Waals surface area contributed by atoms with E-state index in [4.69, 9.17) is 11.6 Å². The van der Waals surface area contributed by atoms with Gasteiger partial charge in [0.05, 0.1) is 15.0 Å². The van der Waals surface area contributed by atoms with Gasteiger partial charge >= 0.3 is 0 Å². The van der Waals surface area contributed by atoms with Crippen LogP contribution in [0.3, 0.4) is 0 Å². The van der Waals surface area contributed by atoms with Crippen LogP contribution in [0.5, 0.6) is 0 Å². The average Bonchev–Trinajstić information content (AvgIpc) is 2.51. The Labute approximate surface area is 135 Å². The normalized spacial score (nSPS) is 10.8. The molecule has 0 saturated heterocycles. The van der Waals surface area contributed by atoms with Gasteiger partial charge in [0, 0.05) is 29.9 Å². The lowest BCUT2D eigenvalue weighted by Gasteiger charge is -2.09. The van der Waals surface area contributed by atoms with E-state index >= 15 is 0 Å². The Balaban J connectivity index is 2.21. The highest BCUT2D eigenvalue weighted by molar-refractivity contribution is 9.10. The third-order valence-corrected chi connectivity index (χ3v) is 3.96. The van der Waals surface area contributed by atoms with E-state index in [1.165, 1.54) is 0 Å². The fourth-order valence-corrected chi connectivity index (χ4v) is 2.65. The molecule has 1 N–H and O–H groups in total. The Kier molecular flexibility index (Phi) is 4.03. The van der Waals surface area contributed by atoms with Crippen LogP contribution in [0, 0.1) is 0 Å². The van der Waals surface area contributed by atoms with Gasteiger partial charge in [-0.2, -0.15) is 0 Å². The molecular weight excluding hydrogens is 352 g/mol. The smallest absolute Gasteiger partial charge is 0.163 e. The summed E-state index contributed by atoms with van der Waals surface area (Å²) in [6.45, 7) is 2.81. The van der Waals surface area contributed by atoms with Gasteiger partial charge in [-0.15, -0.1) is 0 Å². The third kappa shape index (κ3) is 2.71. The van der Waals surface area contributed by atoms with Gasteiger partial charge in [0.2, 0.25) is 0 Å². The lowest BCUT2D eigenvalue weighted by molar-refractivity contribution is 1.11. The zero-order valence-corrected chi connectivity index (χ0v) is 13.6. The predicted octanol–water partition coefficient (Wildman–Crippen LogP) is 4.54. The van der Waals surface area contributed by atoms with Crippen molar-refractivity contribution in [3.05, 3.63) is 46.2 Å². The van der Waals surface area contributed by atoms with E-state index < -0.39 is 0 Å². The minimum atomic E-state index is 0.620. The average molecular weight is 364 g/mol. The number of hydrogen-bond donors (Lipinski definition) is 1. The summed E-state index contributed by atoms with van der Waals surface area (Å²) in [4.78, 5) is 13.4. The molecule has 0 amide bonds. The van der Waals surface area contributed by atoms with Gasteiger partial charge in [-0.05, 0) is 47.1 Å². The van der Waals surface area contributed by atoms with Crippen molar-refractivity contribution in [1.29, 1.82) is 0 Å². The van der Waals surface area contributed by atoms with Crippen molar-refractivity contribution in [2.75, 3.05) is 11.9 Å². The van der Waals surface area contributed by atoms with Crippen LogP contribution in [0.25, 0.3) is 22.3 Å². The first-order valence-corrected chi connectivity index (χ1v) is 7.68. The van der Waals surface area contributed by atoms with Crippen LogP contribution in [-0.2, 0) is 0 Å². The Hall–Kier alpha value is -1.72. The number of hydrogen-bond acceptors (Lipinski definition) is 4. The lowest BCUT2D eigenvalue weighted by Crippen LogP contribution is -2.02. The number of anilines is 1. The van der Waals surface area contributed by atoms with Crippen molar-refractivity contribution in [2.24, 2.45) is 0 Å². The maximum atomic E-state index is 6.22. The molecule has 0 radical (unpaired) electrons. The van der Waals surface area contributed by atoms with Gasteiger partial charge in [-0.25, -0.2) is 9.97 Å². The summed E-state index contributed by atoms with van der Waals surface area (Å²) in [5.74, 6) is 1.39. The van der Waals surface area contributed by atoms with Gasteiger partial charge in [0.1, 0.15) is 5.82 Å². The van der Waals surface area contributed by atoms with Gasteiger partial charge < -0.3 is 5.32 Å². The molecule has 2 heterocycles. The third-order valence-electron chi connectivity index (χ3n) is 3.05. The standard InChI is InChI=1S/C15H12BrClN4/c1-2-18-15-11(16)8-20-14(21-15)10-5-6-12(17)9-4-3-7-19-13(9)10/h3-8H,2H2,1H3,(H,18,20,21). The number of aromatic nitrogens is 3. The minimum absolute atomic E-state index is 0.620.